The summed E-state index contributed by atoms with van der Waals surface area (Å²) in [5.41, 5.74) is -0.716. The lowest BCUT2D eigenvalue weighted by Crippen LogP contribution is -2.51. The second-order valence-electron chi connectivity index (χ2n) is 7.64. The van der Waals surface area contributed by atoms with Crippen LogP contribution in [0.2, 0.25) is 0 Å². The summed E-state index contributed by atoms with van der Waals surface area (Å²) in [5.74, 6) is 0.634. The van der Waals surface area contributed by atoms with Crippen molar-refractivity contribution in [2.75, 3.05) is 32.8 Å². The quantitative estimate of drug-likeness (QED) is 0.852. The number of rotatable bonds is 3. The molecule has 0 radical (unpaired) electrons. The fraction of sp³-hybridized carbons (Fsp3) is 0.941. The van der Waals surface area contributed by atoms with Crippen molar-refractivity contribution >= 4 is 5.91 Å². The molecule has 2 aliphatic heterocycles. The van der Waals surface area contributed by atoms with E-state index < -0.39 is 5.60 Å². The summed E-state index contributed by atoms with van der Waals surface area (Å²) < 4.78 is 6.04. The molecular weight excluding hydrogens is 280 g/mol. The summed E-state index contributed by atoms with van der Waals surface area (Å²) in [6.07, 6.45) is 4.07. The molecular formula is C17H30N2O3. The Labute approximate surface area is 133 Å². The summed E-state index contributed by atoms with van der Waals surface area (Å²) in [6, 6.07) is 0.551. The van der Waals surface area contributed by atoms with E-state index in [1.165, 1.54) is 0 Å². The number of carbonyl (C=O) groups is 1. The first-order valence-corrected chi connectivity index (χ1v) is 8.83. The number of carbonyl (C=O) groups excluding carboxylic acids is 1. The lowest BCUT2D eigenvalue weighted by Gasteiger charge is -2.41. The average Bonchev–Trinajstić information content (AvgIpc) is 2.66. The molecule has 2 heterocycles. The first kappa shape index (κ1) is 16.2. The van der Waals surface area contributed by atoms with Crippen LogP contribution in [-0.2, 0) is 9.53 Å². The summed E-state index contributed by atoms with van der Waals surface area (Å²) in [7, 11) is 0. The van der Waals surface area contributed by atoms with Gasteiger partial charge in [-0.2, -0.15) is 0 Å². The fourth-order valence-corrected chi connectivity index (χ4v) is 3.93. The van der Waals surface area contributed by atoms with E-state index in [4.69, 9.17) is 4.74 Å². The number of amides is 1. The zero-order valence-corrected chi connectivity index (χ0v) is 14.0. The van der Waals surface area contributed by atoms with E-state index in [2.05, 4.69) is 18.7 Å². The van der Waals surface area contributed by atoms with Crippen molar-refractivity contribution in [3.63, 3.8) is 0 Å². The molecule has 3 rings (SSSR count). The van der Waals surface area contributed by atoms with Crippen molar-refractivity contribution < 1.29 is 14.6 Å². The maximum Gasteiger partial charge on any atom is 0.225 e. The molecule has 22 heavy (non-hydrogen) atoms. The minimum absolute atomic E-state index is 0.106. The van der Waals surface area contributed by atoms with Crippen LogP contribution in [0.1, 0.15) is 46.0 Å². The molecule has 0 spiro atoms. The summed E-state index contributed by atoms with van der Waals surface area (Å²) >= 11 is 0. The molecule has 126 valence electrons. The molecule has 0 bridgehead atoms. The van der Waals surface area contributed by atoms with Gasteiger partial charge in [0.15, 0.2) is 0 Å². The molecule has 0 aromatic heterocycles. The highest BCUT2D eigenvalue weighted by molar-refractivity contribution is 5.77. The topological polar surface area (TPSA) is 53.0 Å². The van der Waals surface area contributed by atoms with Crippen molar-refractivity contribution in [2.24, 2.45) is 5.92 Å². The molecule has 5 nitrogen and oxygen atoms in total. The second-order valence-corrected chi connectivity index (χ2v) is 7.64. The van der Waals surface area contributed by atoms with Gasteiger partial charge in [-0.25, -0.2) is 0 Å². The van der Waals surface area contributed by atoms with E-state index >= 15 is 0 Å². The van der Waals surface area contributed by atoms with E-state index in [-0.39, 0.29) is 12.0 Å². The van der Waals surface area contributed by atoms with Gasteiger partial charge in [0, 0.05) is 38.1 Å². The van der Waals surface area contributed by atoms with Gasteiger partial charge >= 0.3 is 0 Å². The van der Waals surface area contributed by atoms with Crippen LogP contribution < -0.4 is 0 Å². The summed E-state index contributed by atoms with van der Waals surface area (Å²) in [4.78, 5) is 16.8. The number of nitrogens with zero attached hydrogens (tertiary/aromatic N) is 2. The SMILES string of the molecule is CC(C)N1CCOC2CN(C(=O)CC3(O)CCC3)CCC2C1. The standard InChI is InChI=1S/C17H30N2O3/c1-13(2)18-8-9-22-15-12-19(7-4-14(15)11-18)16(20)10-17(21)5-3-6-17/h13-15,21H,3-12H2,1-2H3. The molecule has 3 aliphatic rings. The van der Waals surface area contributed by atoms with Gasteiger partial charge in [-0.3, -0.25) is 9.69 Å². The van der Waals surface area contributed by atoms with Gasteiger partial charge in [-0.15, -0.1) is 0 Å². The predicted octanol–water partition coefficient (Wildman–Crippen LogP) is 1.25. The van der Waals surface area contributed by atoms with E-state index in [0.29, 0.717) is 24.9 Å². The number of ether oxygens (including phenoxy) is 1. The molecule has 2 atom stereocenters. The number of piperidine rings is 1. The van der Waals surface area contributed by atoms with E-state index in [9.17, 15) is 9.90 Å². The Kier molecular flexibility index (Phi) is 4.76. The zero-order valence-electron chi connectivity index (χ0n) is 14.0. The second kappa shape index (κ2) is 6.46. The summed E-state index contributed by atoms with van der Waals surface area (Å²) in [6.45, 7) is 8.80. The zero-order chi connectivity index (χ0) is 15.7. The molecule has 1 amide bonds. The molecule has 1 saturated carbocycles. The van der Waals surface area contributed by atoms with Gasteiger partial charge in [-0.05, 0) is 39.5 Å². The van der Waals surface area contributed by atoms with Crippen LogP contribution >= 0.6 is 0 Å². The molecule has 2 unspecified atom stereocenters. The predicted molar refractivity (Wildman–Crippen MR) is 84.6 cm³/mol. The Balaban J connectivity index is 1.55. The minimum atomic E-state index is -0.716. The van der Waals surface area contributed by atoms with E-state index in [0.717, 1.165) is 51.9 Å². The minimum Gasteiger partial charge on any atom is -0.389 e. The van der Waals surface area contributed by atoms with Crippen LogP contribution in [0, 0.1) is 5.92 Å². The van der Waals surface area contributed by atoms with Gasteiger partial charge in [0.2, 0.25) is 5.91 Å². The van der Waals surface area contributed by atoms with Gasteiger partial charge in [0.1, 0.15) is 0 Å². The maximum absolute atomic E-state index is 12.4. The van der Waals surface area contributed by atoms with Crippen LogP contribution in [0.5, 0.6) is 0 Å². The largest absolute Gasteiger partial charge is 0.389 e. The van der Waals surface area contributed by atoms with Gasteiger partial charge in [0.25, 0.3) is 0 Å². The normalized spacial score (nSPS) is 32.3. The number of likely N-dealkylation sites (tertiary alicyclic amines) is 1. The van der Waals surface area contributed by atoms with Gasteiger partial charge < -0.3 is 14.7 Å². The number of aliphatic hydroxyl groups is 1. The van der Waals surface area contributed by atoms with Gasteiger partial charge in [0.05, 0.1) is 24.7 Å². The Bertz CT molecular complexity index is 409. The number of fused-ring (bicyclic) bond motifs is 1. The Morgan fingerprint density at radius 3 is 2.73 bits per heavy atom. The van der Waals surface area contributed by atoms with Gasteiger partial charge in [-0.1, -0.05) is 0 Å². The monoisotopic (exact) mass is 310 g/mol. The highest BCUT2D eigenvalue weighted by atomic mass is 16.5. The van der Waals surface area contributed by atoms with Crippen LogP contribution in [-0.4, -0.2) is 71.3 Å². The Hall–Kier alpha value is -0.650. The van der Waals surface area contributed by atoms with Crippen molar-refractivity contribution in [2.45, 2.75) is 63.7 Å². The van der Waals surface area contributed by atoms with Crippen LogP contribution in [0.3, 0.4) is 0 Å². The van der Waals surface area contributed by atoms with Crippen molar-refractivity contribution in [3.8, 4) is 0 Å². The third-order valence-corrected chi connectivity index (χ3v) is 5.72. The number of hydrogen-bond donors (Lipinski definition) is 1. The average molecular weight is 310 g/mol. The summed E-state index contributed by atoms with van der Waals surface area (Å²) in [5, 5.41) is 10.2. The molecule has 3 fully saturated rings. The van der Waals surface area contributed by atoms with Crippen molar-refractivity contribution in [1.29, 1.82) is 0 Å². The van der Waals surface area contributed by atoms with E-state index in [1.807, 2.05) is 4.90 Å². The molecule has 1 aliphatic carbocycles. The van der Waals surface area contributed by atoms with Crippen LogP contribution in [0.4, 0.5) is 0 Å². The molecule has 1 N–H and O–H groups in total. The smallest absolute Gasteiger partial charge is 0.225 e. The fourth-order valence-electron chi connectivity index (χ4n) is 3.93. The Morgan fingerprint density at radius 1 is 1.32 bits per heavy atom. The van der Waals surface area contributed by atoms with Crippen LogP contribution in [0.15, 0.2) is 0 Å². The Morgan fingerprint density at radius 2 is 2.09 bits per heavy atom. The lowest BCUT2D eigenvalue weighted by molar-refractivity contribution is -0.145. The first-order valence-electron chi connectivity index (χ1n) is 8.83. The number of hydrogen-bond acceptors (Lipinski definition) is 4. The highest BCUT2D eigenvalue weighted by Gasteiger charge is 2.40. The van der Waals surface area contributed by atoms with E-state index in [1.54, 1.807) is 0 Å². The van der Waals surface area contributed by atoms with Crippen molar-refractivity contribution in [3.05, 3.63) is 0 Å². The lowest BCUT2D eigenvalue weighted by atomic mass is 9.77. The van der Waals surface area contributed by atoms with Crippen molar-refractivity contribution in [1.82, 2.24) is 9.80 Å². The first-order chi connectivity index (χ1) is 10.5. The maximum atomic E-state index is 12.4. The molecule has 0 aromatic rings. The third-order valence-electron chi connectivity index (χ3n) is 5.72. The third kappa shape index (κ3) is 3.47. The van der Waals surface area contributed by atoms with Crippen LogP contribution in [0.25, 0.3) is 0 Å². The molecule has 2 saturated heterocycles. The highest BCUT2D eigenvalue weighted by Crippen LogP contribution is 2.35. The molecule has 5 heteroatoms. The molecule has 0 aromatic carbocycles.